The van der Waals surface area contributed by atoms with Crippen LogP contribution in [0, 0.1) is 5.82 Å². The summed E-state index contributed by atoms with van der Waals surface area (Å²) in [6.07, 6.45) is 1.35. The summed E-state index contributed by atoms with van der Waals surface area (Å²) in [6.45, 7) is 0.933. The first-order valence-electron chi connectivity index (χ1n) is 10.4. The largest absolute Gasteiger partial charge is 0.338 e. The summed E-state index contributed by atoms with van der Waals surface area (Å²) in [7, 11) is 0. The number of likely N-dealkylation sites (tertiary alicyclic amines) is 1. The van der Waals surface area contributed by atoms with E-state index in [2.05, 4.69) is 20.3 Å². The Hall–Kier alpha value is -3.30. The molecule has 4 aromatic rings. The average molecular weight is 484 g/mol. The number of carbonyl (C=O) groups is 2. The highest BCUT2D eigenvalue weighted by Crippen LogP contribution is 2.32. The Labute approximate surface area is 197 Å². The number of piperidine rings is 1. The van der Waals surface area contributed by atoms with Crippen LogP contribution in [0.3, 0.4) is 0 Å². The number of rotatable bonds is 4. The fourth-order valence-electron chi connectivity index (χ4n) is 3.95. The number of para-hydroxylation sites is 2. The van der Waals surface area contributed by atoms with Gasteiger partial charge in [0.15, 0.2) is 0 Å². The van der Waals surface area contributed by atoms with Gasteiger partial charge in [-0.15, -0.1) is 11.3 Å². The van der Waals surface area contributed by atoms with Gasteiger partial charge < -0.3 is 9.88 Å². The Bertz CT molecular complexity index is 1290. The van der Waals surface area contributed by atoms with Gasteiger partial charge in [0.2, 0.25) is 5.95 Å². The smallest absolute Gasteiger partial charge is 0.277 e. The molecule has 1 aliphatic rings. The summed E-state index contributed by atoms with van der Waals surface area (Å²) in [5.74, 6) is -0.855. The molecule has 10 heteroatoms. The zero-order valence-corrected chi connectivity index (χ0v) is 18.9. The maximum absolute atomic E-state index is 14.1. The molecule has 2 N–H and O–H groups in total. The lowest BCUT2D eigenvalue weighted by Crippen LogP contribution is -2.38. The van der Waals surface area contributed by atoms with Gasteiger partial charge in [0.1, 0.15) is 11.5 Å². The minimum absolute atomic E-state index is 0.0867. The number of aromatic nitrogens is 3. The second-order valence-electron chi connectivity index (χ2n) is 7.79. The van der Waals surface area contributed by atoms with Crippen molar-refractivity contribution < 1.29 is 14.0 Å². The molecule has 0 saturated carbocycles. The van der Waals surface area contributed by atoms with E-state index in [9.17, 15) is 14.0 Å². The van der Waals surface area contributed by atoms with E-state index in [1.54, 1.807) is 10.3 Å². The molecule has 0 atom stereocenters. The van der Waals surface area contributed by atoms with Crippen LogP contribution < -0.4 is 5.32 Å². The quantitative estimate of drug-likeness (QED) is 0.423. The van der Waals surface area contributed by atoms with Crippen LogP contribution in [-0.4, -0.2) is 44.8 Å². The molecule has 1 aliphatic heterocycles. The predicted octanol–water partition coefficient (Wildman–Crippen LogP) is 5.08. The molecule has 0 unspecified atom stereocenters. The van der Waals surface area contributed by atoms with Crippen LogP contribution in [0.15, 0.2) is 47.8 Å². The lowest BCUT2D eigenvalue weighted by atomic mass is 9.97. The standard InChI is InChI=1S/C23H19ClFN5O2S/c24-14-4-3-5-15(25)19(14)22(32)30-10-8-13(9-11-30)21-26-18(12-33-21)20(31)29-23-27-16-6-1-2-7-17(16)28-23/h1-7,12-13H,8-11H2,(H2,27,28,29,31). The fourth-order valence-corrected chi connectivity index (χ4v) is 5.17. The molecular formula is C23H19ClFN5O2S. The average Bonchev–Trinajstić information content (AvgIpc) is 3.46. The first-order chi connectivity index (χ1) is 16.0. The van der Waals surface area contributed by atoms with Gasteiger partial charge in [-0.2, -0.15) is 0 Å². The van der Waals surface area contributed by atoms with Crippen molar-refractivity contribution in [1.29, 1.82) is 0 Å². The summed E-state index contributed by atoms with van der Waals surface area (Å²) in [6, 6.07) is 11.7. The monoisotopic (exact) mass is 483 g/mol. The number of halogens is 2. The van der Waals surface area contributed by atoms with Gasteiger partial charge in [0, 0.05) is 24.4 Å². The molecule has 1 saturated heterocycles. The van der Waals surface area contributed by atoms with Crippen molar-refractivity contribution in [3.8, 4) is 0 Å². The molecular weight excluding hydrogens is 465 g/mol. The second kappa shape index (κ2) is 8.92. The number of nitrogens with zero attached hydrogens (tertiary/aromatic N) is 3. The normalized spacial score (nSPS) is 14.5. The molecule has 5 rings (SSSR count). The van der Waals surface area contributed by atoms with Crippen LogP contribution in [0.25, 0.3) is 11.0 Å². The Balaban J connectivity index is 1.22. The Morgan fingerprint density at radius 2 is 1.91 bits per heavy atom. The summed E-state index contributed by atoms with van der Waals surface area (Å²) < 4.78 is 14.1. The number of carbonyl (C=O) groups excluding carboxylic acids is 2. The van der Waals surface area contributed by atoms with E-state index >= 15 is 0 Å². The topological polar surface area (TPSA) is 91.0 Å². The van der Waals surface area contributed by atoms with Gasteiger partial charge in [-0.3, -0.25) is 14.9 Å². The summed E-state index contributed by atoms with van der Waals surface area (Å²) >= 11 is 7.46. The van der Waals surface area contributed by atoms with Gasteiger partial charge in [0.05, 0.1) is 26.6 Å². The lowest BCUT2D eigenvalue weighted by molar-refractivity contribution is 0.0708. The maximum atomic E-state index is 14.1. The highest BCUT2D eigenvalue weighted by Gasteiger charge is 2.29. The third-order valence-corrected chi connectivity index (χ3v) is 7.01. The second-order valence-corrected chi connectivity index (χ2v) is 9.09. The minimum atomic E-state index is -0.616. The van der Waals surface area contributed by atoms with Crippen LogP contribution in [-0.2, 0) is 0 Å². The van der Waals surface area contributed by atoms with E-state index in [-0.39, 0.29) is 22.4 Å². The highest BCUT2D eigenvalue weighted by molar-refractivity contribution is 7.10. The van der Waals surface area contributed by atoms with Crippen molar-refractivity contribution in [2.45, 2.75) is 18.8 Å². The van der Waals surface area contributed by atoms with Crippen LogP contribution in [0.1, 0.15) is 44.6 Å². The van der Waals surface area contributed by atoms with E-state index < -0.39 is 11.7 Å². The highest BCUT2D eigenvalue weighted by atomic mass is 35.5. The van der Waals surface area contributed by atoms with Gasteiger partial charge in [-0.05, 0) is 37.1 Å². The third-order valence-electron chi connectivity index (χ3n) is 5.68. The summed E-state index contributed by atoms with van der Waals surface area (Å²) in [5.41, 5.74) is 1.85. The van der Waals surface area contributed by atoms with E-state index in [1.165, 1.54) is 29.5 Å². The first-order valence-corrected chi connectivity index (χ1v) is 11.7. The van der Waals surface area contributed by atoms with E-state index in [0.717, 1.165) is 16.0 Å². The SMILES string of the molecule is O=C(Nc1nc2ccccc2[nH]1)c1csc(C2CCN(C(=O)c3c(F)cccc3Cl)CC2)n1. The molecule has 3 heterocycles. The number of anilines is 1. The number of thiazole rings is 1. The van der Waals surface area contributed by atoms with Crippen molar-refractivity contribution >= 4 is 51.7 Å². The Kier molecular flexibility index (Phi) is 5.82. The molecule has 33 heavy (non-hydrogen) atoms. The van der Waals surface area contributed by atoms with Crippen LogP contribution in [0.2, 0.25) is 5.02 Å². The van der Waals surface area contributed by atoms with Crippen molar-refractivity contribution in [1.82, 2.24) is 19.9 Å². The van der Waals surface area contributed by atoms with Crippen LogP contribution in [0.5, 0.6) is 0 Å². The maximum Gasteiger partial charge on any atom is 0.277 e. The number of benzene rings is 2. The number of aromatic amines is 1. The van der Waals surface area contributed by atoms with Crippen molar-refractivity contribution in [2.24, 2.45) is 0 Å². The number of hydrogen-bond acceptors (Lipinski definition) is 5. The predicted molar refractivity (Wildman–Crippen MR) is 125 cm³/mol. The Morgan fingerprint density at radius 3 is 2.67 bits per heavy atom. The lowest BCUT2D eigenvalue weighted by Gasteiger charge is -2.31. The molecule has 2 aromatic heterocycles. The molecule has 2 amide bonds. The number of amides is 2. The Morgan fingerprint density at radius 1 is 1.12 bits per heavy atom. The van der Waals surface area contributed by atoms with E-state index in [4.69, 9.17) is 11.6 Å². The van der Waals surface area contributed by atoms with E-state index in [1.807, 2.05) is 24.3 Å². The molecule has 0 aliphatic carbocycles. The van der Waals surface area contributed by atoms with Crippen molar-refractivity contribution in [3.05, 3.63) is 74.9 Å². The first kappa shape index (κ1) is 21.5. The van der Waals surface area contributed by atoms with E-state index in [0.29, 0.717) is 37.6 Å². The molecule has 2 aromatic carbocycles. The molecule has 7 nitrogen and oxygen atoms in total. The molecule has 0 spiro atoms. The van der Waals surface area contributed by atoms with Crippen molar-refractivity contribution in [3.63, 3.8) is 0 Å². The third kappa shape index (κ3) is 4.34. The van der Waals surface area contributed by atoms with Gasteiger partial charge >= 0.3 is 0 Å². The van der Waals surface area contributed by atoms with Crippen LogP contribution in [0.4, 0.5) is 10.3 Å². The zero-order chi connectivity index (χ0) is 22.9. The van der Waals surface area contributed by atoms with Gasteiger partial charge in [-0.25, -0.2) is 14.4 Å². The van der Waals surface area contributed by atoms with Gasteiger partial charge in [0.25, 0.3) is 11.8 Å². The van der Waals surface area contributed by atoms with Crippen LogP contribution >= 0.6 is 22.9 Å². The molecule has 1 fully saturated rings. The number of imidazole rings is 1. The van der Waals surface area contributed by atoms with Gasteiger partial charge in [-0.1, -0.05) is 29.8 Å². The number of fused-ring (bicyclic) bond motifs is 1. The van der Waals surface area contributed by atoms with Crippen molar-refractivity contribution in [2.75, 3.05) is 18.4 Å². The summed E-state index contributed by atoms with van der Waals surface area (Å²) in [4.78, 5) is 38.9. The number of hydrogen-bond donors (Lipinski definition) is 2. The number of H-pyrrole nitrogens is 1. The molecule has 0 bridgehead atoms. The fraction of sp³-hybridized carbons (Fsp3) is 0.217. The minimum Gasteiger partial charge on any atom is -0.338 e. The molecule has 168 valence electrons. The zero-order valence-electron chi connectivity index (χ0n) is 17.3. The number of nitrogens with one attached hydrogen (secondary N) is 2. The molecule has 0 radical (unpaired) electrons. The summed E-state index contributed by atoms with van der Waals surface area (Å²) in [5, 5.41) is 5.44.